The Morgan fingerprint density at radius 2 is 1.88 bits per heavy atom. The molecule has 2 aliphatic rings. The maximum absolute atomic E-state index is 5.77. The zero-order valence-electron chi connectivity index (χ0n) is 11.2. The van der Waals surface area contributed by atoms with Crippen LogP contribution in [-0.4, -0.2) is 18.1 Å². The van der Waals surface area contributed by atoms with Crippen LogP contribution in [0.15, 0.2) is 11.8 Å². The minimum absolute atomic E-state index is 0.552. The van der Waals surface area contributed by atoms with Gasteiger partial charge in [0.25, 0.3) is 0 Å². The smallest absolute Gasteiger partial charge is 0.0878 e. The normalized spacial score (nSPS) is 24.4. The van der Waals surface area contributed by atoms with Gasteiger partial charge in [-0.25, -0.2) is 0 Å². The molecule has 1 saturated carbocycles. The molecule has 17 heavy (non-hydrogen) atoms. The van der Waals surface area contributed by atoms with Gasteiger partial charge < -0.3 is 4.74 Å². The monoisotopic (exact) mass is 254 g/mol. The van der Waals surface area contributed by atoms with Gasteiger partial charge in [-0.3, -0.25) is 0 Å². The molecule has 0 N–H and O–H groups in total. The van der Waals surface area contributed by atoms with E-state index in [9.17, 15) is 0 Å². The number of rotatable bonds is 4. The van der Waals surface area contributed by atoms with Crippen molar-refractivity contribution in [1.82, 2.24) is 0 Å². The van der Waals surface area contributed by atoms with Crippen LogP contribution >= 0.6 is 11.8 Å². The third kappa shape index (κ3) is 4.57. The summed E-state index contributed by atoms with van der Waals surface area (Å²) in [4.78, 5) is 0. The molecule has 2 fully saturated rings. The third-order valence-electron chi connectivity index (χ3n) is 4.27. The van der Waals surface area contributed by atoms with E-state index in [1.807, 2.05) is 0 Å². The van der Waals surface area contributed by atoms with E-state index in [-0.39, 0.29) is 0 Å². The van der Waals surface area contributed by atoms with E-state index >= 15 is 0 Å². The molecule has 0 aromatic heterocycles. The first-order valence-electron chi connectivity index (χ1n) is 7.16. The Kier molecular flexibility index (Phi) is 5.27. The van der Waals surface area contributed by atoms with Crippen molar-refractivity contribution in [2.45, 2.75) is 58.3 Å². The molecule has 0 amide bonds. The molecule has 1 aliphatic heterocycles. The van der Waals surface area contributed by atoms with Crippen LogP contribution in [0.25, 0.3) is 0 Å². The largest absolute Gasteiger partial charge is 0.501 e. The zero-order chi connectivity index (χ0) is 12.0. The Hall–Kier alpha value is -0.110. The summed E-state index contributed by atoms with van der Waals surface area (Å²) in [5, 5.41) is 0. The molecule has 1 heterocycles. The fraction of sp³-hybridized carbons (Fsp3) is 0.867. The summed E-state index contributed by atoms with van der Waals surface area (Å²) < 4.78 is 5.77. The Balaban J connectivity index is 1.64. The summed E-state index contributed by atoms with van der Waals surface area (Å²) in [5.74, 6) is 2.69. The molecule has 0 atom stereocenters. The van der Waals surface area contributed by atoms with Crippen molar-refractivity contribution < 1.29 is 4.74 Å². The van der Waals surface area contributed by atoms with Crippen molar-refractivity contribution in [1.29, 1.82) is 0 Å². The molecular weight excluding hydrogens is 228 g/mol. The molecular formula is C15H26OS. The molecule has 0 aromatic rings. The third-order valence-corrected chi connectivity index (χ3v) is 5.25. The van der Waals surface area contributed by atoms with Crippen LogP contribution in [0.3, 0.4) is 0 Å². The topological polar surface area (TPSA) is 9.23 Å². The Labute approximate surface area is 110 Å². The van der Waals surface area contributed by atoms with Crippen molar-refractivity contribution in [3.05, 3.63) is 11.8 Å². The van der Waals surface area contributed by atoms with Crippen LogP contribution in [0, 0.1) is 5.41 Å². The molecule has 0 spiro atoms. The van der Waals surface area contributed by atoms with Crippen LogP contribution in [0.4, 0.5) is 0 Å². The fourth-order valence-electron chi connectivity index (χ4n) is 2.72. The van der Waals surface area contributed by atoms with Gasteiger partial charge in [0.15, 0.2) is 0 Å². The molecule has 1 nitrogen and oxygen atoms in total. The lowest BCUT2D eigenvalue weighted by Crippen LogP contribution is -2.24. The minimum Gasteiger partial charge on any atom is -0.501 e. The molecule has 0 aromatic carbocycles. The van der Waals surface area contributed by atoms with Gasteiger partial charge in [0.2, 0.25) is 0 Å². The molecule has 98 valence electrons. The number of hydrogen-bond acceptors (Lipinski definition) is 2. The highest BCUT2D eigenvalue weighted by atomic mass is 32.2. The van der Waals surface area contributed by atoms with E-state index in [0.29, 0.717) is 5.41 Å². The van der Waals surface area contributed by atoms with Gasteiger partial charge in [0, 0.05) is 0 Å². The molecule has 1 saturated heterocycles. The Morgan fingerprint density at radius 1 is 1.18 bits per heavy atom. The average Bonchev–Trinajstić information content (AvgIpc) is 2.37. The lowest BCUT2D eigenvalue weighted by atomic mass is 9.81. The Bertz CT molecular complexity index is 246. The number of thioether (sulfide) groups is 1. The van der Waals surface area contributed by atoms with E-state index in [4.69, 9.17) is 4.74 Å². The van der Waals surface area contributed by atoms with Crippen LogP contribution in [0.2, 0.25) is 0 Å². The first kappa shape index (κ1) is 13.3. The van der Waals surface area contributed by atoms with Gasteiger partial charge in [-0.1, -0.05) is 13.3 Å². The van der Waals surface area contributed by atoms with E-state index in [2.05, 4.69) is 24.9 Å². The predicted octanol–water partition coefficient (Wildman–Crippen LogP) is 4.77. The van der Waals surface area contributed by atoms with Crippen LogP contribution in [0.1, 0.15) is 58.3 Å². The highest BCUT2D eigenvalue weighted by Gasteiger charge is 2.26. The van der Waals surface area contributed by atoms with Crippen molar-refractivity contribution in [3.8, 4) is 0 Å². The van der Waals surface area contributed by atoms with E-state index < -0.39 is 0 Å². The van der Waals surface area contributed by atoms with Crippen LogP contribution < -0.4 is 0 Å². The second kappa shape index (κ2) is 6.72. The maximum Gasteiger partial charge on any atom is 0.0878 e. The van der Waals surface area contributed by atoms with Crippen molar-refractivity contribution >= 4 is 11.8 Å². The van der Waals surface area contributed by atoms with Gasteiger partial charge in [0.1, 0.15) is 0 Å². The van der Waals surface area contributed by atoms with E-state index in [1.54, 1.807) is 5.57 Å². The molecule has 0 unspecified atom stereocenters. The summed E-state index contributed by atoms with van der Waals surface area (Å²) in [5.41, 5.74) is 2.09. The highest BCUT2D eigenvalue weighted by molar-refractivity contribution is 7.99. The van der Waals surface area contributed by atoms with Crippen molar-refractivity contribution in [2.24, 2.45) is 5.41 Å². The molecule has 2 heteroatoms. The summed E-state index contributed by atoms with van der Waals surface area (Å²) in [7, 11) is 0. The van der Waals surface area contributed by atoms with Gasteiger partial charge in [-0.05, 0) is 67.4 Å². The lowest BCUT2D eigenvalue weighted by Gasteiger charge is -2.33. The first-order valence-corrected chi connectivity index (χ1v) is 8.31. The quantitative estimate of drug-likeness (QED) is 0.528. The lowest BCUT2D eigenvalue weighted by molar-refractivity contribution is 0.164. The first-order chi connectivity index (χ1) is 8.29. The SMILES string of the molecule is CC1(CCOC=C2CCCCC2)CCSCC1. The molecule has 0 radical (unpaired) electrons. The predicted molar refractivity (Wildman–Crippen MR) is 76.4 cm³/mol. The highest BCUT2D eigenvalue weighted by Crippen LogP contribution is 2.37. The van der Waals surface area contributed by atoms with Crippen molar-refractivity contribution in [2.75, 3.05) is 18.1 Å². The fourth-order valence-corrected chi connectivity index (χ4v) is 4.20. The van der Waals surface area contributed by atoms with Gasteiger partial charge in [0.05, 0.1) is 12.9 Å². The average molecular weight is 254 g/mol. The second-order valence-corrected chi connectivity index (χ2v) is 7.11. The molecule has 2 rings (SSSR count). The standard InChI is InChI=1S/C15H26OS/c1-15(8-11-17-12-9-15)7-10-16-13-14-5-3-2-4-6-14/h13H,2-12H2,1H3. The van der Waals surface area contributed by atoms with Crippen LogP contribution in [-0.2, 0) is 4.74 Å². The van der Waals surface area contributed by atoms with Crippen LogP contribution in [0.5, 0.6) is 0 Å². The van der Waals surface area contributed by atoms with Gasteiger partial charge in [-0.15, -0.1) is 0 Å². The van der Waals surface area contributed by atoms with E-state index in [0.717, 1.165) is 6.61 Å². The molecule has 0 bridgehead atoms. The summed E-state index contributed by atoms with van der Waals surface area (Å²) in [6.45, 7) is 3.36. The second-order valence-electron chi connectivity index (χ2n) is 5.88. The van der Waals surface area contributed by atoms with Gasteiger partial charge >= 0.3 is 0 Å². The summed E-state index contributed by atoms with van der Waals surface area (Å²) >= 11 is 2.11. The number of hydrogen-bond donors (Lipinski definition) is 0. The molecule has 1 aliphatic carbocycles. The number of ether oxygens (including phenoxy) is 1. The minimum atomic E-state index is 0.552. The summed E-state index contributed by atoms with van der Waals surface area (Å²) in [6, 6.07) is 0. The number of allylic oxidation sites excluding steroid dienone is 1. The summed E-state index contributed by atoms with van der Waals surface area (Å²) in [6.07, 6.45) is 12.7. The van der Waals surface area contributed by atoms with Crippen molar-refractivity contribution in [3.63, 3.8) is 0 Å². The Morgan fingerprint density at radius 3 is 2.59 bits per heavy atom. The van der Waals surface area contributed by atoms with E-state index in [1.165, 1.54) is 62.9 Å². The maximum atomic E-state index is 5.77. The van der Waals surface area contributed by atoms with Gasteiger partial charge in [-0.2, -0.15) is 11.8 Å². The zero-order valence-corrected chi connectivity index (χ0v) is 12.0.